The third-order valence-electron chi connectivity index (χ3n) is 4.17. The van der Waals surface area contributed by atoms with E-state index >= 15 is 0 Å². The van der Waals surface area contributed by atoms with E-state index in [-0.39, 0.29) is 5.69 Å². The van der Waals surface area contributed by atoms with E-state index in [0.29, 0.717) is 31.3 Å². The van der Waals surface area contributed by atoms with E-state index in [0.717, 1.165) is 24.0 Å². The molecule has 0 unspecified atom stereocenters. The largest absolute Gasteiger partial charge is 0.435 e. The zero-order valence-corrected chi connectivity index (χ0v) is 15.6. The van der Waals surface area contributed by atoms with E-state index < -0.39 is 23.6 Å². The Balaban J connectivity index is 1.67. The fourth-order valence-electron chi connectivity index (χ4n) is 2.81. The van der Waals surface area contributed by atoms with E-state index in [4.69, 9.17) is 16.3 Å². The summed E-state index contributed by atoms with van der Waals surface area (Å²) in [5, 5.41) is 8.96. The second-order valence-corrected chi connectivity index (χ2v) is 6.56. The molecule has 2 amide bonds. The third kappa shape index (κ3) is 5.15. The molecule has 0 atom stereocenters. The van der Waals surface area contributed by atoms with Crippen LogP contribution in [0.3, 0.4) is 0 Å². The van der Waals surface area contributed by atoms with Crippen molar-refractivity contribution in [3.8, 4) is 5.69 Å². The molecule has 1 aliphatic rings. The number of aromatic nitrogens is 2. The van der Waals surface area contributed by atoms with E-state index in [1.54, 1.807) is 0 Å². The SMILES string of the molecule is O=C(NCCN1CCOCC1)Nc1cnn(-c2ccc(Cl)cc2)c1C(F)(F)F. The van der Waals surface area contributed by atoms with Gasteiger partial charge in [-0.2, -0.15) is 18.3 Å². The summed E-state index contributed by atoms with van der Waals surface area (Å²) in [5.74, 6) is 0. The number of carbonyl (C=O) groups excluding carboxylic acids is 1. The number of anilines is 1. The monoisotopic (exact) mass is 417 g/mol. The highest BCUT2D eigenvalue weighted by molar-refractivity contribution is 6.30. The standard InChI is InChI=1S/C17H19ClF3N5O2/c18-12-1-3-13(4-2-12)26-15(17(19,20)21)14(11-23-26)24-16(27)22-5-6-25-7-9-28-10-8-25/h1-4,11H,5-10H2,(H2,22,24,27). The van der Waals surface area contributed by atoms with Gasteiger partial charge in [-0.3, -0.25) is 4.90 Å². The minimum absolute atomic E-state index is 0.178. The summed E-state index contributed by atoms with van der Waals surface area (Å²) in [6.45, 7) is 3.67. The van der Waals surface area contributed by atoms with Gasteiger partial charge in [-0.15, -0.1) is 0 Å². The highest BCUT2D eigenvalue weighted by atomic mass is 35.5. The Morgan fingerprint density at radius 1 is 1.21 bits per heavy atom. The van der Waals surface area contributed by atoms with Crippen molar-refractivity contribution in [2.24, 2.45) is 0 Å². The normalized spacial score (nSPS) is 15.4. The molecule has 3 rings (SSSR count). The van der Waals surface area contributed by atoms with Crippen molar-refractivity contribution in [2.45, 2.75) is 6.18 Å². The second kappa shape index (κ2) is 8.80. The summed E-state index contributed by atoms with van der Waals surface area (Å²) < 4.78 is 46.7. The lowest BCUT2D eigenvalue weighted by atomic mass is 10.3. The fraction of sp³-hybridized carbons (Fsp3) is 0.412. The molecule has 0 radical (unpaired) electrons. The molecule has 1 aliphatic heterocycles. The van der Waals surface area contributed by atoms with Crippen molar-refractivity contribution < 1.29 is 22.7 Å². The Labute approximate surface area is 164 Å². The van der Waals surface area contributed by atoms with Crippen LogP contribution in [-0.2, 0) is 10.9 Å². The fourth-order valence-corrected chi connectivity index (χ4v) is 2.94. The summed E-state index contributed by atoms with van der Waals surface area (Å²) >= 11 is 5.78. The quantitative estimate of drug-likeness (QED) is 0.784. The molecule has 152 valence electrons. The lowest BCUT2D eigenvalue weighted by Crippen LogP contribution is -2.42. The Kier molecular flexibility index (Phi) is 6.42. The van der Waals surface area contributed by atoms with Crippen LogP contribution >= 0.6 is 11.6 Å². The lowest BCUT2D eigenvalue weighted by Gasteiger charge is -2.26. The maximum Gasteiger partial charge on any atom is 0.435 e. The molecule has 11 heteroatoms. The number of alkyl halides is 3. The number of halogens is 4. The molecule has 0 bridgehead atoms. The zero-order chi connectivity index (χ0) is 20.1. The maximum atomic E-state index is 13.6. The number of amides is 2. The molecule has 1 aromatic carbocycles. The van der Waals surface area contributed by atoms with Gasteiger partial charge < -0.3 is 15.4 Å². The van der Waals surface area contributed by atoms with Gasteiger partial charge in [-0.05, 0) is 24.3 Å². The van der Waals surface area contributed by atoms with Crippen molar-refractivity contribution in [1.29, 1.82) is 0 Å². The molecule has 1 aromatic heterocycles. The van der Waals surface area contributed by atoms with Gasteiger partial charge in [0.2, 0.25) is 0 Å². The number of nitrogens with zero attached hydrogens (tertiary/aromatic N) is 3. The summed E-state index contributed by atoms with van der Waals surface area (Å²) in [6.07, 6.45) is -3.74. The molecule has 2 N–H and O–H groups in total. The van der Waals surface area contributed by atoms with Gasteiger partial charge in [0.15, 0.2) is 5.69 Å². The van der Waals surface area contributed by atoms with Crippen LogP contribution in [0.15, 0.2) is 30.5 Å². The third-order valence-corrected chi connectivity index (χ3v) is 4.43. The van der Waals surface area contributed by atoms with Crippen LogP contribution in [0.1, 0.15) is 5.69 Å². The molecular formula is C17H19ClF3N5O2. The molecule has 0 spiro atoms. The molecule has 0 saturated carbocycles. The van der Waals surface area contributed by atoms with Gasteiger partial charge in [0.05, 0.1) is 30.8 Å². The smallest absolute Gasteiger partial charge is 0.379 e. The van der Waals surface area contributed by atoms with Gasteiger partial charge in [-0.25, -0.2) is 9.48 Å². The minimum Gasteiger partial charge on any atom is -0.379 e. The molecular weight excluding hydrogens is 399 g/mol. The van der Waals surface area contributed by atoms with Crippen LogP contribution in [0.2, 0.25) is 5.02 Å². The number of benzene rings is 1. The van der Waals surface area contributed by atoms with Crippen LogP contribution in [0.5, 0.6) is 0 Å². The number of rotatable bonds is 5. The number of hydrogen-bond acceptors (Lipinski definition) is 4. The molecule has 28 heavy (non-hydrogen) atoms. The first-order valence-electron chi connectivity index (χ1n) is 8.61. The number of ether oxygens (including phenoxy) is 1. The second-order valence-electron chi connectivity index (χ2n) is 6.13. The number of morpholine rings is 1. The summed E-state index contributed by atoms with van der Waals surface area (Å²) in [7, 11) is 0. The van der Waals surface area contributed by atoms with Crippen LogP contribution < -0.4 is 10.6 Å². The minimum atomic E-state index is -4.72. The van der Waals surface area contributed by atoms with Gasteiger partial charge in [-0.1, -0.05) is 11.6 Å². The number of nitrogens with one attached hydrogen (secondary N) is 2. The Bertz CT molecular complexity index is 804. The van der Waals surface area contributed by atoms with Gasteiger partial charge in [0, 0.05) is 31.2 Å². The van der Waals surface area contributed by atoms with Crippen LogP contribution in [-0.4, -0.2) is 60.1 Å². The molecule has 1 fully saturated rings. The first kappa shape index (κ1) is 20.4. The highest BCUT2D eigenvalue weighted by Gasteiger charge is 2.39. The summed E-state index contributed by atoms with van der Waals surface area (Å²) in [4.78, 5) is 14.1. The molecule has 0 aliphatic carbocycles. The highest BCUT2D eigenvalue weighted by Crippen LogP contribution is 2.36. The topological polar surface area (TPSA) is 71.4 Å². The zero-order valence-electron chi connectivity index (χ0n) is 14.8. The van der Waals surface area contributed by atoms with Crippen LogP contribution in [0.4, 0.5) is 23.7 Å². The molecule has 1 saturated heterocycles. The van der Waals surface area contributed by atoms with Gasteiger partial charge in [0.1, 0.15) is 0 Å². The Morgan fingerprint density at radius 2 is 1.89 bits per heavy atom. The van der Waals surface area contributed by atoms with E-state index in [1.807, 2.05) is 0 Å². The number of hydrogen-bond donors (Lipinski definition) is 2. The van der Waals surface area contributed by atoms with Crippen molar-refractivity contribution in [1.82, 2.24) is 20.0 Å². The van der Waals surface area contributed by atoms with Crippen LogP contribution in [0, 0.1) is 0 Å². The summed E-state index contributed by atoms with van der Waals surface area (Å²) in [5.41, 5.74) is -1.32. The van der Waals surface area contributed by atoms with Crippen molar-refractivity contribution in [2.75, 3.05) is 44.7 Å². The van der Waals surface area contributed by atoms with Gasteiger partial charge >= 0.3 is 12.2 Å². The van der Waals surface area contributed by atoms with E-state index in [1.165, 1.54) is 24.3 Å². The average molecular weight is 418 g/mol. The summed E-state index contributed by atoms with van der Waals surface area (Å²) in [6, 6.07) is 5.02. The molecule has 2 aromatic rings. The van der Waals surface area contributed by atoms with Crippen molar-refractivity contribution >= 4 is 23.3 Å². The number of urea groups is 1. The van der Waals surface area contributed by atoms with Crippen LogP contribution in [0.25, 0.3) is 5.69 Å². The molecule has 7 nitrogen and oxygen atoms in total. The molecule has 2 heterocycles. The van der Waals surface area contributed by atoms with Crippen molar-refractivity contribution in [3.05, 3.63) is 41.2 Å². The predicted molar refractivity (Wildman–Crippen MR) is 97.9 cm³/mol. The lowest BCUT2D eigenvalue weighted by molar-refractivity contribution is -0.142. The first-order chi connectivity index (χ1) is 13.3. The Hall–Kier alpha value is -2.30. The van der Waals surface area contributed by atoms with E-state index in [9.17, 15) is 18.0 Å². The van der Waals surface area contributed by atoms with Gasteiger partial charge in [0.25, 0.3) is 0 Å². The average Bonchev–Trinajstić information content (AvgIpc) is 3.07. The van der Waals surface area contributed by atoms with E-state index in [2.05, 4.69) is 20.6 Å². The Morgan fingerprint density at radius 3 is 2.54 bits per heavy atom. The predicted octanol–water partition coefficient (Wildman–Crippen LogP) is 3.00. The first-order valence-corrected chi connectivity index (χ1v) is 8.98. The maximum absolute atomic E-state index is 13.6. The van der Waals surface area contributed by atoms with Crippen molar-refractivity contribution in [3.63, 3.8) is 0 Å². The number of carbonyl (C=O) groups is 1.